The molecule has 4 heteroatoms. The van der Waals surface area contributed by atoms with Crippen LogP contribution in [0.15, 0.2) is 0 Å². The summed E-state index contributed by atoms with van der Waals surface area (Å²) in [6.45, 7) is 4.03. The minimum Gasteiger partial charge on any atom is -0.358 e. The molecule has 0 aromatic rings. The first-order valence-electron chi connectivity index (χ1n) is 9.62. The monoisotopic (exact) mass is 315 g/mol. The summed E-state index contributed by atoms with van der Waals surface area (Å²) in [5.74, 6) is 0.125. The molecule has 0 radical (unpaired) electrons. The van der Waals surface area contributed by atoms with E-state index in [4.69, 9.17) is 0 Å². The van der Waals surface area contributed by atoms with Gasteiger partial charge in [-0.1, -0.05) is 64.7 Å². The maximum absolute atomic E-state index is 11.8. The topological polar surface area (TPSA) is 84.4 Å². The summed E-state index contributed by atoms with van der Waals surface area (Å²) in [6, 6.07) is -0.0883. The van der Waals surface area contributed by atoms with E-state index in [9.17, 15) is 4.79 Å². The Morgan fingerprint density at radius 2 is 1.41 bits per heavy atom. The van der Waals surface area contributed by atoms with Gasteiger partial charge in [0.2, 0.25) is 0 Å². The molecule has 0 fully saturated rings. The number of amides is 1. The lowest BCUT2D eigenvalue weighted by molar-refractivity contribution is -0.406. The first kappa shape index (κ1) is 21.4. The van der Waals surface area contributed by atoms with Crippen LogP contribution in [0.1, 0.15) is 90.4 Å². The molecule has 0 saturated carbocycles. The van der Waals surface area contributed by atoms with Gasteiger partial charge in [0.25, 0.3) is 5.91 Å². The van der Waals surface area contributed by atoms with Gasteiger partial charge in [0, 0.05) is 13.0 Å². The van der Waals surface area contributed by atoms with Crippen molar-refractivity contribution in [2.45, 2.75) is 96.4 Å². The van der Waals surface area contributed by atoms with Gasteiger partial charge in [0.15, 0.2) is 6.04 Å². The molecule has 0 aliphatic heterocycles. The average Bonchev–Trinajstić information content (AvgIpc) is 2.52. The SMILES string of the molecule is CCCCCCCCCCCCNC(=O)C([NH3+])CCCC[NH3+]. The van der Waals surface area contributed by atoms with Crippen LogP contribution < -0.4 is 16.8 Å². The van der Waals surface area contributed by atoms with Crippen molar-refractivity contribution in [3.05, 3.63) is 0 Å². The predicted molar refractivity (Wildman–Crippen MR) is 93.1 cm³/mol. The zero-order valence-corrected chi connectivity index (χ0v) is 15.0. The lowest BCUT2D eigenvalue weighted by Gasteiger charge is -2.09. The Labute approximate surface area is 137 Å². The van der Waals surface area contributed by atoms with Crippen LogP contribution in [0.4, 0.5) is 0 Å². The number of rotatable bonds is 16. The number of unbranched alkanes of at least 4 members (excludes halogenated alkanes) is 10. The first-order chi connectivity index (χ1) is 10.7. The summed E-state index contributed by atoms with van der Waals surface area (Å²) < 4.78 is 0. The van der Waals surface area contributed by atoms with Crippen molar-refractivity contribution in [1.29, 1.82) is 0 Å². The van der Waals surface area contributed by atoms with Gasteiger partial charge < -0.3 is 16.8 Å². The first-order valence-corrected chi connectivity index (χ1v) is 9.62. The van der Waals surface area contributed by atoms with Crippen LogP contribution in [0.3, 0.4) is 0 Å². The molecule has 1 atom stereocenters. The van der Waals surface area contributed by atoms with E-state index >= 15 is 0 Å². The minimum absolute atomic E-state index is 0.0883. The lowest BCUT2D eigenvalue weighted by atomic mass is 10.1. The Hall–Kier alpha value is -0.610. The number of quaternary nitrogens is 2. The molecule has 0 spiro atoms. The molecule has 0 aliphatic rings. The van der Waals surface area contributed by atoms with Crippen molar-refractivity contribution in [2.24, 2.45) is 0 Å². The van der Waals surface area contributed by atoms with Crippen LogP contribution in [-0.4, -0.2) is 25.0 Å². The molecule has 0 bridgehead atoms. The van der Waals surface area contributed by atoms with Gasteiger partial charge >= 0.3 is 0 Å². The van der Waals surface area contributed by atoms with Gasteiger partial charge in [-0.15, -0.1) is 0 Å². The van der Waals surface area contributed by atoms with Gasteiger partial charge in [-0.3, -0.25) is 4.79 Å². The van der Waals surface area contributed by atoms with E-state index in [0.717, 1.165) is 38.8 Å². The largest absolute Gasteiger partial charge is 0.358 e. The highest BCUT2D eigenvalue weighted by atomic mass is 16.2. The van der Waals surface area contributed by atoms with Crippen LogP contribution in [0.2, 0.25) is 0 Å². The highest BCUT2D eigenvalue weighted by molar-refractivity contribution is 5.79. The Morgan fingerprint density at radius 1 is 0.864 bits per heavy atom. The van der Waals surface area contributed by atoms with E-state index < -0.39 is 0 Å². The van der Waals surface area contributed by atoms with Crippen molar-refractivity contribution < 1.29 is 16.3 Å². The third-order valence-corrected chi connectivity index (χ3v) is 4.25. The number of nitrogens with one attached hydrogen (secondary N) is 1. The van der Waals surface area contributed by atoms with Gasteiger partial charge in [0.05, 0.1) is 6.54 Å². The maximum Gasteiger partial charge on any atom is 0.278 e. The quantitative estimate of drug-likeness (QED) is 0.374. The lowest BCUT2D eigenvalue weighted by Crippen LogP contribution is -2.67. The molecular weight excluding hydrogens is 274 g/mol. The number of hydrogen-bond donors (Lipinski definition) is 3. The molecule has 0 rings (SSSR count). The normalized spacial score (nSPS) is 12.3. The second-order valence-corrected chi connectivity index (χ2v) is 6.52. The third kappa shape index (κ3) is 14.3. The van der Waals surface area contributed by atoms with E-state index in [0.29, 0.717) is 0 Å². The van der Waals surface area contributed by atoms with Gasteiger partial charge in [-0.05, 0) is 19.3 Å². The van der Waals surface area contributed by atoms with E-state index in [-0.39, 0.29) is 11.9 Å². The van der Waals surface area contributed by atoms with Crippen LogP contribution in [0.5, 0.6) is 0 Å². The molecular formula is C18H41N3O+2. The van der Waals surface area contributed by atoms with E-state index in [1.54, 1.807) is 0 Å². The van der Waals surface area contributed by atoms with Crippen LogP contribution in [0, 0.1) is 0 Å². The van der Waals surface area contributed by atoms with Crippen molar-refractivity contribution in [1.82, 2.24) is 5.32 Å². The summed E-state index contributed by atoms with van der Waals surface area (Å²) in [5.41, 5.74) is 7.76. The molecule has 7 N–H and O–H groups in total. The third-order valence-electron chi connectivity index (χ3n) is 4.25. The van der Waals surface area contributed by atoms with Gasteiger partial charge in [0.1, 0.15) is 0 Å². The van der Waals surface area contributed by atoms with Crippen LogP contribution in [0.25, 0.3) is 0 Å². The van der Waals surface area contributed by atoms with Gasteiger partial charge in [-0.2, -0.15) is 0 Å². The fraction of sp³-hybridized carbons (Fsp3) is 0.944. The Morgan fingerprint density at radius 3 is 1.95 bits per heavy atom. The maximum atomic E-state index is 11.8. The van der Waals surface area contributed by atoms with Crippen molar-refractivity contribution in [2.75, 3.05) is 13.1 Å². The number of carbonyl (C=O) groups is 1. The average molecular weight is 316 g/mol. The van der Waals surface area contributed by atoms with E-state index in [1.165, 1.54) is 57.8 Å². The molecule has 0 aliphatic carbocycles. The molecule has 1 unspecified atom stereocenters. The summed E-state index contributed by atoms with van der Waals surface area (Å²) in [4.78, 5) is 11.8. The molecule has 0 aromatic carbocycles. The zero-order valence-electron chi connectivity index (χ0n) is 15.0. The molecule has 0 heterocycles. The Bertz CT molecular complexity index is 246. The van der Waals surface area contributed by atoms with E-state index in [2.05, 4.69) is 23.7 Å². The van der Waals surface area contributed by atoms with Crippen LogP contribution in [-0.2, 0) is 4.79 Å². The molecule has 4 nitrogen and oxygen atoms in total. The van der Waals surface area contributed by atoms with E-state index in [1.807, 2.05) is 0 Å². The fourth-order valence-corrected chi connectivity index (χ4v) is 2.67. The summed E-state index contributed by atoms with van der Waals surface area (Å²) >= 11 is 0. The molecule has 22 heavy (non-hydrogen) atoms. The molecule has 0 aromatic heterocycles. The van der Waals surface area contributed by atoms with Crippen LogP contribution >= 0.6 is 0 Å². The second kappa shape index (κ2) is 16.8. The highest BCUT2D eigenvalue weighted by Gasteiger charge is 2.15. The number of carbonyl (C=O) groups excluding carboxylic acids is 1. The van der Waals surface area contributed by atoms with Crippen molar-refractivity contribution in [3.63, 3.8) is 0 Å². The highest BCUT2D eigenvalue weighted by Crippen LogP contribution is 2.10. The Balaban J connectivity index is 3.26. The fourth-order valence-electron chi connectivity index (χ4n) is 2.67. The predicted octanol–water partition coefficient (Wildman–Crippen LogP) is 2.05. The van der Waals surface area contributed by atoms with Crippen molar-refractivity contribution >= 4 is 5.91 Å². The summed E-state index contributed by atoms with van der Waals surface area (Å²) in [6.07, 6.45) is 16.3. The Kier molecular flexibility index (Phi) is 16.3. The van der Waals surface area contributed by atoms with Gasteiger partial charge in [-0.25, -0.2) is 0 Å². The van der Waals surface area contributed by atoms with Crippen molar-refractivity contribution in [3.8, 4) is 0 Å². The summed E-state index contributed by atoms with van der Waals surface area (Å²) in [5, 5.41) is 3.02. The standard InChI is InChI=1S/C18H39N3O/c1-2-3-4-5-6-7-8-9-10-13-16-21-18(22)17(20)14-11-12-15-19/h17H,2-16,19-20H2,1H3,(H,21,22)/p+2. The zero-order chi connectivity index (χ0) is 16.5. The summed E-state index contributed by atoms with van der Waals surface area (Å²) in [7, 11) is 0. The smallest absolute Gasteiger partial charge is 0.278 e. The second-order valence-electron chi connectivity index (χ2n) is 6.52. The molecule has 1 amide bonds. The molecule has 0 saturated heterocycles. The molecule has 132 valence electrons. The minimum atomic E-state index is -0.0883. The number of hydrogen-bond acceptors (Lipinski definition) is 1.